The first-order valence-corrected chi connectivity index (χ1v) is 36.8. The minimum absolute atomic E-state index is 0.241. The highest BCUT2D eigenvalue weighted by Crippen LogP contribution is 2.50. The fourth-order valence-electron chi connectivity index (χ4n) is 16.3. The van der Waals surface area contributed by atoms with Crippen LogP contribution in [0.15, 0.2) is 406 Å². The lowest BCUT2D eigenvalue weighted by Gasteiger charge is -2.45. The van der Waals surface area contributed by atoms with Crippen LogP contribution >= 0.6 is 0 Å². The molecule has 2 aliphatic heterocycles. The highest BCUT2D eigenvalue weighted by atomic mass is 15.2. The molecule has 17 aromatic carbocycles. The molecule has 0 radical (unpaired) electrons. The quantitative estimate of drug-likeness (QED) is 0.108. The second-order valence-electron chi connectivity index (χ2n) is 28.1. The van der Waals surface area contributed by atoms with Crippen LogP contribution in [0, 0.1) is 0 Å². The molecule has 18 aromatic rings. The maximum Gasteiger partial charge on any atom is 0.252 e. The number of anilines is 6. The third kappa shape index (κ3) is 11.7. The van der Waals surface area contributed by atoms with Gasteiger partial charge in [-0.25, -0.2) is 9.97 Å². The Morgan fingerprint density at radius 1 is 0.178 bits per heavy atom. The Hall–Kier alpha value is -14.0. The Morgan fingerprint density at radius 3 is 0.682 bits per heavy atom. The SMILES string of the molecule is c1ccc(-c2cc(-c3ccccc3)cc(-c3cc(-c4cc(-c5ccccc5)cc(-c5ccccc5)c4)nc(-c4cc5c6c(c4)N(c4cc(-c7ccccc7)cc(-c7ccccc7)c4)c4cc7ccccc7cc4B6c4cc6ccccc6cc4N5c4cc(-c5ccccc5)cc(-c5ccccc5)c4)n3)c2)cc1. The van der Waals surface area contributed by atoms with Crippen LogP contribution in [0.5, 0.6) is 0 Å². The molecule has 2 aliphatic rings. The van der Waals surface area contributed by atoms with Gasteiger partial charge in [0.15, 0.2) is 5.82 Å². The molecule has 0 N–H and O–H groups in total. The first-order chi connectivity index (χ1) is 53.0. The van der Waals surface area contributed by atoms with E-state index in [2.05, 4.69) is 416 Å². The van der Waals surface area contributed by atoms with Gasteiger partial charge in [-0.3, -0.25) is 0 Å². The molecule has 0 saturated carbocycles. The summed E-state index contributed by atoms with van der Waals surface area (Å²) in [5, 5.41) is 4.67. The molecule has 0 saturated heterocycles. The molecule has 3 heterocycles. The Kier molecular flexibility index (Phi) is 15.6. The molecule has 0 spiro atoms. The van der Waals surface area contributed by atoms with Gasteiger partial charge in [-0.1, -0.05) is 303 Å². The maximum atomic E-state index is 6.02. The first-order valence-electron chi connectivity index (χ1n) is 36.8. The number of hydrogen-bond acceptors (Lipinski definition) is 4. The number of nitrogens with zero attached hydrogens (tertiary/aromatic N) is 4. The lowest BCUT2D eigenvalue weighted by molar-refractivity contribution is 1.18. The second kappa shape index (κ2) is 26.7. The Bertz CT molecular complexity index is 5800. The molecular formula is C102H67BN4. The van der Waals surface area contributed by atoms with Gasteiger partial charge in [-0.2, -0.15) is 0 Å². The monoisotopic (exact) mass is 1360 g/mol. The van der Waals surface area contributed by atoms with E-state index in [0.717, 1.165) is 162 Å². The normalized spacial score (nSPS) is 12.1. The Balaban J connectivity index is 0.932. The zero-order valence-corrected chi connectivity index (χ0v) is 58.5. The highest BCUT2D eigenvalue weighted by Gasteiger charge is 2.45. The van der Waals surface area contributed by atoms with Gasteiger partial charge in [0, 0.05) is 50.8 Å². The lowest BCUT2D eigenvalue weighted by Crippen LogP contribution is -2.61. The van der Waals surface area contributed by atoms with Crippen LogP contribution in [0.4, 0.5) is 34.1 Å². The van der Waals surface area contributed by atoms with Crippen LogP contribution in [0.3, 0.4) is 0 Å². The van der Waals surface area contributed by atoms with Crippen molar-refractivity contribution in [1.82, 2.24) is 9.97 Å². The molecule has 0 aliphatic carbocycles. The lowest BCUT2D eigenvalue weighted by atomic mass is 9.33. The summed E-state index contributed by atoms with van der Waals surface area (Å²) < 4.78 is 0. The molecule has 0 bridgehead atoms. The van der Waals surface area contributed by atoms with E-state index in [9.17, 15) is 0 Å². The standard InChI is InChI=1S/C102H67BN4/c1-9-29-68(30-10-1)80-49-81(69-31-11-2-12-32-69)54-88(53-80)95-67-96(89-55-82(70-33-13-3-14-34-70)50-83(56-89)71-35-15-4-16-36-71)105-102(104-95)90-65-99-101-100(66-90)107(92-59-86(74-41-21-7-22-42-74)52-87(60-92)75-43-23-8-24-44-75)98-64-79-48-28-26-46-77(79)62-94(98)103(101)93-61-76-45-25-27-47-78(76)63-97(93)106(99)91-57-84(72-37-17-5-18-38-72)51-85(58-91)73-39-19-6-20-40-73/h1-67H. The van der Waals surface area contributed by atoms with E-state index in [4.69, 9.17) is 9.97 Å². The molecule has 0 unspecified atom stereocenters. The van der Waals surface area contributed by atoms with Crippen molar-refractivity contribution in [2.24, 2.45) is 0 Å². The van der Waals surface area contributed by atoms with E-state index in [1.165, 1.54) is 27.2 Å². The fraction of sp³-hybridized carbons (Fsp3) is 0. The van der Waals surface area contributed by atoms with Gasteiger partial charge in [0.25, 0.3) is 6.71 Å². The van der Waals surface area contributed by atoms with Crippen molar-refractivity contribution in [3.63, 3.8) is 0 Å². The zero-order valence-electron chi connectivity index (χ0n) is 58.5. The molecule has 0 amide bonds. The van der Waals surface area contributed by atoms with Crippen LogP contribution in [0.2, 0.25) is 0 Å². The molecule has 1 aromatic heterocycles. The van der Waals surface area contributed by atoms with E-state index < -0.39 is 0 Å². The predicted octanol–water partition coefficient (Wildman–Crippen LogP) is 25.2. The fourth-order valence-corrected chi connectivity index (χ4v) is 16.3. The molecule has 498 valence electrons. The summed E-state index contributed by atoms with van der Waals surface area (Å²) in [4.78, 5) is 17.2. The van der Waals surface area contributed by atoms with Gasteiger partial charge < -0.3 is 9.80 Å². The van der Waals surface area contributed by atoms with E-state index >= 15 is 0 Å². The van der Waals surface area contributed by atoms with Gasteiger partial charge in [0.05, 0.1) is 11.4 Å². The van der Waals surface area contributed by atoms with Gasteiger partial charge in [-0.15, -0.1) is 0 Å². The molecule has 4 nitrogen and oxygen atoms in total. The molecule has 107 heavy (non-hydrogen) atoms. The van der Waals surface area contributed by atoms with E-state index in [0.29, 0.717) is 5.82 Å². The first kappa shape index (κ1) is 62.8. The van der Waals surface area contributed by atoms with Crippen molar-refractivity contribution >= 4 is 78.8 Å². The minimum Gasteiger partial charge on any atom is -0.311 e. The number of aromatic nitrogens is 2. The topological polar surface area (TPSA) is 32.3 Å². The van der Waals surface area contributed by atoms with Crippen molar-refractivity contribution in [1.29, 1.82) is 0 Å². The van der Waals surface area contributed by atoms with E-state index in [1.54, 1.807) is 0 Å². The second-order valence-corrected chi connectivity index (χ2v) is 28.1. The van der Waals surface area contributed by atoms with Gasteiger partial charge >= 0.3 is 0 Å². The van der Waals surface area contributed by atoms with Gasteiger partial charge in [0.1, 0.15) is 0 Å². The van der Waals surface area contributed by atoms with Crippen LogP contribution in [0.1, 0.15) is 0 Å². The van der Waals surface area contributed by atoms with Crippen molar-refractivity contribution in [3.8, 4) is 123 Å². The minimum atomic E-state index is -0.241. The zero-order chi connectivity index (χ0) is 70.7. The third-order valence-electron chi connectivity index (χ3n) is 21.5. The summed E-state index contributed by atoms with van der Waals surface area (Å²) in [6.07, 6.45) is 0. The average Bonchev–Trinajstić information content (AvgIpc) is 0.689. The smallest absolute Gasteiger partial charge is 0.252 e. The highest BCUT2D eigenvalue weighted by molar-refractivity contribution is 7.00. The van der Waals surface area contributed by atoms with Crippen LogP contribution in [-0.2, 0) is 0 Å². The summed E-state index contributed by atoms with van der Waals surface area (Å²) in [5.41, 5.74) is 32.2. The largest absolute Gasteiger partial charge is 0.311 e. The van der Waals surface area contributed by atoms with E-state index in [-0.39, 0.29) is 6.71 Å². The molecule has 20 rings (SSSR count). The summed E-state index contributed by atoms with van der Waals surface area (Å²) in [6, 6.07) is 149. The third-order valence-corrected chi connectivity index (χ3v) is 21.5. The van der Waals surface area contributed by atoms with Crippen molar-refractivity contribution in [2.45, 2.75) is 0 Å². The Morgan fingerprint density at radius 2 is 0.411 bits per heavy atom. The predicted molar refractivity (Wildman–Crippen MR) is 451 cm³/mol. The maximum absolute atomic E-state index is 6.02. The Labute approximate surface area is 623 Å². The van der Waals surface area contributed by atoms with Crippen LogP contribution in [-0.4, -0.2) is 16.7 Å². The summed E-state index contributed by atoms with van der Waals surface area (Å²) in [6.45, 7) is -0.241. The number of hydrogen-bond donors (Lipinski definition) is 0. The van der Waals surface area contributed by atoms with Gasteiger partial charge in [0.2, 0.25) is 0 Å². The van der Waals surface area contributed by atoms with Crippen molar-refractivity contribution in [3.05, 3.63) is 406 Å². The van der Waals surface area contributed by atoms with Crippen LogP contribution < -0.4 is 26.2 Å². The summed E-state index contributed by atoms with van der Waals surface area (Å²) >= 11 is 0. The number of benzene rings is 17. The molecule has 0 fully saturated rings. The molecule has 5 heteroatoms. The van der Waals surface area contributed by atoms with Crippen LogP contribution in [0.25, 0.3) is 144 Å². The number of fused-ring (bicyclic) bond motifs is 6. The molecule has 0 atom stereocenters. The number of rotatable bonds is 13. The summed E-state index contributed by atoms with van der Waals surface area (Å²) in [7, 11) is 0. The van der Waals surface area contributed by atoms with Gasteiger partial charge in [-0.05, 0) is 230 Å². The van der Waals surface area contributed by atoms with Crippen molar-refractivity contribution < 1.29 is 0 Å². The summed E-state index contributed by atoms with van der Waals surface area (Å²) in [5.74, 6) is 0.588. The molecular weight excluding hydrogens is 1290 g/mol. The van der Waals surface area contributed by atoms with E-state index in [1.807, 2.05) is 0 Å². The van der Waals surface area contributed by atoms with Crippen molar-refractivity contribution in [2.75, 3.05) is 9.80 Å². The average molecular weight is 1360 g/mol.